The first-order valence-electron chi connectivity index (χ1n) is 8.71. The second-order valence-corrected chi connectivity index (χ2v) is 5.51. The fraction of sp³-hybridized carbons (Fsp3) is 0.833. The van der Waals surface area contributed by atoms with E-state index in [0.717, 1.165) is 32.0 Å². The maximum Gasteiger partial charge on any atom is 0.189 e. The summed E-state index contributed by atoms with van der Waals surface area (Å²) >= 11 is 0. The summed E-state index contributed by atoms with van der Waals surface area (Å²) in [6, 6.07) is 0. The van der Waals surface area contributed by atoms with Crippen LogP contribution in [0.4, 0.5) is 0 Å². The number of carbonyl (C=O) groups is 1. The molecule has 0 rings (SSSR count). The van der Waals surface area contributed by atoms with Crippen LogP contribution < -0.4 is 0 Å². The van der Waals surface area contributed by atoms with Crippen molar-refractivity contribution in [1.82, 2.24) is 0 Å². The Labute approximate surface area is 131 Å². The molecule has 0 saturated heterocycles. The molecule has 0 aliphatic heterocycles. The molecule has 0 saturated carbocycles. The monoisotopic (exact) mass is 298 g/mol. The summed E-state index contributed by atoms with van der Waals surface area (Å²) in [6.07, 6.45) is 16.1. The second-order valence-electron chi connectivity index (χ2n) is 5.51. The van der Waals surface area contributed by atoms with Gasteiger partial charge in [0.2, 0.25) is 0 Å². The van der Waals surface area contributed by atoms with E-state index in [0.29, 0.717) is 12.4 Å². The predicted molar refractivity (Wildman–Crippen MR) is 88.2 cm³/mol. The summed E-state index contributed by atoms with van der Waals surface area (Å²) in [6.45, 7) is 5.24. The zero-order valence-electron chi connectivity index (χ0n) is 14.1. The lowest BCUT2D eigenvalue weighted by molar-refractivity contribution is -0.111. The number of aldehydes is 1. The normalized spacial score (nSPS) is 11.6. The van der Waals surface area contributed by atoms with Gasteiger partial charge in [-0.3, -0.25) is 4.79 Å². The molecule has 3 nitrogen and oxygen atoms in total. The maximum absolute atomic E-state index is 10.8. The van der Waals surface area contributed by atoms with Crippen LogP contribution in [0.2, 0.25) is 0 Å². The average Bonchev–Trinajstić information content (AvgIpc) is 2.51. The van der Waals surface area contributed by atoms with Gasteiger partial charge in [-0.05, 0) is 25.3 Å². The van der Waals surface area contributed by atoms with E-state index in [-0.39, 0.29) is 6.79 Å². The summed E-state index contributed by atoms with van der Waals surface area (Å²) in [5.41, 5.74) is 0. The third-order valence-corrected chi connectivity index (χ3v) is 3.47. The third-order valence-electron chi connectivity index (χ3n) is 3.47. The molecule has 0 aliphatic carbocycles. The molecule has 0 aromatic rings. The van der Waals surface area contributed by atoms with Gasteiger partial charge < -0.3 is 9.47 Å². The van der Waals surface area contributed by atoms with Gasteiger partial charge in [0.05, 0.1) is 6.61 Å². The molecule has 21 heavy (non-hydrogen) atoms. The van der Waals surface area contributed by atoms with Gasteiger partial charge in [-0.2, -0.15) is 0 Å². The van der Waals surface area contributed by atoms with Gasteiger partial charge in [-0.25, -0.2) is 0 Å². The average molecular weight is 298 g/mol. The SMILES string of the molecule is CCCCCCCCCCC=C(C=O)OCOCCCC. The Hall–Kier alpha value is -0.830. The van der Waals surface area contributed by atoms with Crippen molar-refractivity contribution < 1.29 is 14.3 Å². The number of hydrogen-bond acceptors (Lipinski definition) is 3. The summed E-state index contributed by atoms with van der Waals surface area (Å²) in [7, 11) is 0. The van der Waals surface area contributed by atoms with E-state index in [1.54, 1.807) is 0 Å². The molecule has 124 valence electrons. The topological polar surface area (TPSA) is 35.5 Å². The van der Waals surface area contributed by atoms with Gasteiger partial charge in [0.1, 0.15) is 0 Å². The molecule has 0 radical (unpaired) electrons. The van der Waals surface area contributed by atoms with Gasteiger partial charge in [0.15, 0.2) is 18.8 Å². The summed E-state index contributed by atoms with van der Waals surface area (Å²) in [5, 5.41) is 0. The van der Waals surface area contributed by atoms with E-state index >= 15 is 0 Å². The van der Waals surface area contributed by atoms with E-state index in [9.17, 15) is 4.79 Å². The highest BCUT2D eigenvalue weighted by Crippen LogP contribution is 2.10. The smallest absolute Gasteiger partial charge is 0.189 e. The van der Waals surface area contributed by atoms with Crippen LogP contribution in [0.5, 0.6) is 0 Å². The highest BCUT2D eigenvalue weighted by atomic mass is 16.7. The first kappa shape index (κ1) is 20.2. The van der Waals surface area contributed by atoms with Crippen molar-refractivity contribution in [3.63, 3.8) is 0 Å². The zero-order valence-corrected chi connectivity index (χ0v) is 14.1. The standard InChI is InChI=1S/C18H34O3/c1-3-5-7-8-9-10-11-12-13-14-18(16-19)21-17-20-15-6-4-2/h14,16H,3-13,15,17H2,1-2H3. The maximum atomic E-state index is 10.8. The number of carbonyl (C=O) groups excluding carboxylic acids is 1. The molecule has 0 aromatic carbocycles. The Bertz CT molecular complexity index is 249. The van der Waals surface area contributed by atoms with E-state index in [4.69, 9.17) is 9.47 Å². The lowest BCUT2D eigenvalue weighted by atomic mass is 10.1. The lowest BCUT2D eigenvalue weighted by Crippen LogP contribution is -2.02. The van der Waals surface area contributed by atoms with E-state index in [1.165, 1.54) is 44.9 Å². The van der Waals surface area contributed by atoms with E-state index in [2.05, 4.69) is 13.8 Å². The molecule has 3 heteroatoms. The van der Waals surface area contributed by atoms with Crippen LogP contribution >= 0.6 is 0 Å². The quantitative estimate of drug-likeness (QED) is 0.126. The Balaban J connectivity index is 3.44. The number of unbranched alkanes of at least 4 members (excludes halogenated alkanes) is 9. The van der Waals surface area contributed by atoms with Crippen LogP contribution in [0.25, 0.3) is 0 Å². The molecular formula is C18H34O3. The van der Waals surface area contributed by atoms with Crippen molar-refractivity contribution in [2.75, 3.05) is 13.4 Å². The van der Waals surface area contributed by atoms with Crippen LogP contribution in [0.3, 0.4) is 0 Å². The van der Waals surface area contributed by atoms with Crippen molar-refractivity contribution in [1.29, 1.82) is 0 Å². The fourth-order valence-corrected chi connectivity index (χ4v) is 2.08. The minimum atomic E-state index is 0.183. The highest BCUT2D eigenvalue weighted by molar-refractivity contribution is 5.69. The zero-order chi connectivity index (χ0) is 15.6. The lowest BCUT2D eigenvalue weighted by Gasteiger charge is -2.06. The molecule has 0 aliphatic rings. The molecule has 0 amide bonds. The molecule has 0 atom stereocenters. The van der Waals surface area contributed by atoms with Crippen LogP contribution in [0, 0.1) is 0 Å². The molecule has 0 N–H and O–H groups in total. The molecule has 0 bridgehead atoms. The number of hydrogen-bond donors (Lipinski definition) is 0. The Kier molecular flexibility index (Phi) is 16.5. The third kappa shape index (κ3) is 15.4. The fourth-order valence-electron chi connectivity index (χ4n) is 2.08. The van der Waals surface area contributed by atoms with E-state index in [1.807, 2.05) is 6.08 Å². The van der Waals surface area contributed by atoms with Crippen LogP contribution in [-0.4, -0.2) is 19.7 Å². The van der Waals surface area contributed by atoms with Crippen LogP contribution in [-0.2, 0) is 14.3 Å². The minimum Gasteiger partial charge on any atom is -0.464 e. The van der Waals surface area contributed by atoms with Crippen molar-refractivity contribution >= 4 is 6.29 Å². The Morgan fingerprint density at radius 2 is 1.48 bits per heavy atom. The van der Waals surface area contributed by atoms with Gasteiger partial charge >= 0.3 is 0 Å². The number of ether oxygens (including phenoxy) is 2. The molecular weight excluding hydrogens is 264 g/mol. The molecule has 0 fully saturated rings. The summed E-state index contributed by atoms with van der Waals surface area (Å²) < 4.78 is 10.6. The number of rotatable bonds is 16. The first-order valence-corrected chi connectivity index (χ1v) is 8.71. The highest BCUT2D eigenvalue weighted by Gasteiger charge is 1.96. The minimum absolute atomic E-state index is 0.183. The van der Waals surface area contributed by atoms with Crippen molar-refractivity contribution in [2.24, 2.45) is 0 Å². The Morgan fingerprint density at radius 1 is 0.857 bits per heavy atom. The second kappa shape index (κ2) is 17.2. The van der Waals surface area contributed by atoms with Crippen molar-refractivity contribution in [3.8, 4) is 0 Å². The van der Waals surface area contributed by atoms with Gasteiger partial charge in [-0.1, -0.05) is 65.2 Å². The molecule has 0 spiro atoms. The van der Waals surface area contributed by atoms with Crippen LogP contribution in [0.15, 0.2) is 11.8 Å². The molecule has 0 aromatic heterocycles. The van der Waals surface area contributed by atoms with Crippen molar-refractivity contribution in [2.45, 2.75) is 84.5 Å². The largest absolute Gasteiger partial charge is 0.464 e. The number of allylic oxidation sites excluding steroid dienone is 2. The first-order chi connectivity index (χ1) is 10.3. The molecule has 0 heterocycles. The summed E-state index contributed by atoms with van der Waals surface area (Å²) in [5.74, 6) is 0.412. The van der Waals surface area contributed by atoms with Crippen molar-refractivity contribution in [3.05, 3.63) is 11.8 Å². The van der Waals surface area contributed by atoms with E-state index < -0.39 is 0 Å². The molecule has 0 unspecified atom stereocenters. The predicted octanol–water partition coefficient (Wildman–Crippen LogP) is 5.39. The van der Waals surface area contributed by atoms with Crippen LogP contribution in [0.1, 0.15) is 84.5 Å². The van der Waals surface area contributed by atoms with Gasteiger partial charge in [-0.15, -0.1) is 0 Å². The Morgan fingerprint density at radius 3 is 2.10 bits per heavy atom. The van der Waals surface area contributed by atoms with Gasteiger partial charge in [0.25, 0.3) is 0 Å². The summed E-state index contributed by atoms with van der Waals surface area (Å²) in [4.78, 5) is 10.8. The van der Waals surface area contributed by atoms with Gasteiger partial charge in [0, 0.05) is 0 Å².